The van der Waals surface area contributed by atoms with Gasteiger partial charge in [-0.15, -0.1) is 0 Å². The SMILES string of the molecule is CB(O)c1cc(C#N)cc(CC(C)(C)C)c1. The maximum Gasteiger partial charge on any atom is 0.320 e. The quantitative estimate of drug-likeness (QED) is 0.766. The first kappa shape index (κ1) is 12.8. The molecule has 0 heterocycles. The maximum absolute atomic E-state index is 9.56. The van der Waals surface area contributed by atoms with E-state index in [9.17, 15) is 5.02 Å². The molecule has 16 heavy (non-hydrogen) atoms. The minimum atomic E-state index is -0.521. The average Bonchev–Trinajstić information content (AvgIpc) is 2.14. The van der Waals surface area contributed by atoms with E-state index in [2.05, 4.69) is 26.8 Å². The largest absolute Gasteiger partial charge is 0.447 e. The van der Waals surface area contributed by atoms with E-state index in [1.54, 1.807) is 12.9 Å². The molecule has 0 bridgehead atoms. The highest BCUT2D eigenvalue weighted by molar-refractivity contribution is 6.64. The number of nitriles is 1. The molecule has 0 atom stereocenters. The summed E-state index contributed by atoms with van der Waals surface area (Å²) >= 11 is 0. The van der Waals surface area contributed by atoms with Crippen molar-refractivity contribution in [3.63, 3.8) is 0 Å². The van der Waals surface area contributed by atoms with Gasteiger partial charge in [0.05, 0.1) is 11.6 Å². The molecule has 84 valence electrons. The van der Waals surface area contributed by atoms with Crippen molar-refractivity contribution >= 4 is 12.4 Å². The molecule has 0 saturated heterocycles. The molecule has 0 spiro atoms. The van der Waals surface area contributed by atoms with Crippen LogP contribution in [0, 0.1) is 16.7 Å². The summed E-state index contributed by atoms with van der Waals surface area (Å²) in [7, 11) is 0. The molecule has 0 aliphatic rings. The van der Waals surface area contributed by atoms with Crippen LogP contribution in [0.3, 0.4) is 0 Å². The Balaban J connectivity index is 3.11. The molecule has 1 aromatic rings. The number of nitrogens with zero attached hydrogens (tertiary/aromatic N) is 1. The van der Waals surface area contributed by atoms with Crippen LogP contribution in [0.15, 0.2) is 18.2 Å². The lowest BCUT2D eigenvalue weighted by Crippen LogP contribution is -2.27. The van der Waals surface area contributed by atoms with Crippen LogP contribution in [-0.4, -0.2) is 11.9 Å². The summed E-state index contributed by atoms with van der Waals surface area (Å²) in [5.41, 5.74) is 2.74. The monoisotopic (exact) mass is 215 g/mol. The number of benzene rings is 1. The Kier molecular flexibility index (Phi) is 3.77. The fourth-order valence-electron chi connectivity index (χ4n) is 1.74. The molecule has 1 aromatic carbocycles. The molecule has 0 fully saturated rings. The van der Waals surface area contributed by atoms with Crippen LogP contribution in [0.4, 0.5) is 0 Å². The Bertz CT molecular complexity index is 413. The van der Waals surface area contributed by atoms with Crippen molar-refractivity contribution < 1.29 is 5.02 Å². The van der Waals surface area contributed by atoms with Crippen molar-refractivity contribution in [2.75, 3.05) is 0 Å². The molecule has 1 rings (SSSR count). The van der Waals surface area contributed by atoms with Crippen molar-refractivity contribution in [1.29, 1.82) is 5.26 Å². The van der Waals surface area contributed by atoms with Crippen LogP contribution in [0.25, 0.3) is 0 Å². The minimum absolute atomic E-state index is 0.185. The Morgan fingerprint density at radius 1 is 1.31 bits per heavy atom. The normalized spacial score (nSPS) is 11.0. The summed E-state index contributed by atoms with van der Waals surface area (Å²) in [4.78, 5) is 0. The highest BCUT2D eigenvalue weighted by Crippen LogP contribution is 2.20. The zero-order chi connectivity index (χ0) is 12.3. The van der Waals surface area contributed by atoms with E-state index in [0.29, 0.717) is 5.56 Å². The second-order valence-electron chi connectivity index (χ2n) is 5.49. The first-order valence-corrected chi connectivity index (χ1v) is 5.54. The van der Waals surface area contributed by atoms with Crippen molar-refractivity contribution in [3.8, 4) is 6.07 Å². The van der Waals surface area contributed by atoms with Gasteiger partial charge in [0.25, 0.3) is 0 Å². The van der Waals surface area contributed by atoms with E-state index in [0.717, 1.165) is 17.4 Å². The van der Waals surface area contributed by atoms with Crippen LogP contribution in [0.1, 0.15) is 31.9 Å². The lowest BCUT2D eigenvalue weighted by molar-refractivity contribution is 0.411. The number of rotatable bonds is 2. The third-order valence-corrected chi connectivity index (χ3v) is 2.36. The zero-order valence-corrected chi connectivity index (χ0v) is 10.4. The Hall–Kier alpha value is -1.27. The molecular weight excluding hydrogens is 197 g/mol. The molecule has 1 N–H and O–H groups in total. The van der Waals surface area contributed by atoms with Crippen LogP contribution in [0.2, 0.25) is 6.82 Å². The van der Waals surface area contributed by atoms with Crippen LogP contribution >= 0.6 is 0 Å². The van der Waals surface area contributed by atoms with Gasteiger partial charge in [0.15, 0.2) is 0 Å². The molecule has 0 saturated carbocycles. The Morgan fingerprint density at radius 3 is 2.38 bits per heavy atom. The second kappa shape index (κ2) is 4.72. The highest BCUT2D eigenvalue weighted by Gasteiger charge is 2.14. The molecule has 2 nitrogen and oxygen atoms in total. The highest BCUT2D eigenvalue weighted by atomic mass is 16.2. The van der Waals surface area contributed by atoms with Gasteiger partial charge in [-0.05, 0) is 35.0 Å². The van der Waals surface area contributed by atoms with E-state index in [1.165, 1.54) is 0 Å². The summed E-state index contributed by atoms with van der Waals surface area (Å²) in [5, 5.41) is 18.5. The van der Waals surface area contributed by atoms with Gasteiger partial charge in [-0.25, -0.2) is 0 Å². The third kappa shape index (κ3) is 3.71. The fourth-order valence-corrected chi connectivity index (χ4v) is 1.74. The summed E-state index contributed by atoms with van der Waals surface area (Å²) in [6, 6.07) is 7.77. The number of hydrogen-bond acceptors (Lipinski definition) is 2. The van der Waals surface area contributed by atoms with Gasteiger partial charge in [0.2, 0.25) is 0 Å². The second-order valence-corrected chi connectivity index (χ2v) is 5.49. The molecule has 0 aliphatic carbocycles. The van der Waals surface area contributed by atoms with E-state index >= 15 is 0 Å². The topological polar surface area (TPSA) is 44.0 Å². The van der Waals surface area contributed by atoms with Gasteiger partial charge in [0, 0.05) is 0 Å². The zero-order valence-electron chi connectivity index (χ0n) is 10.4. The van der Waals surface area contributed by atoms with E-state index < -0.39 is 6.92 Å². The number of hydrogen-bond donors (Lipinski definition) is 1. The summed E-state index contributed by atoms with van der Waals surface area (Å²) in [6.45, 7) is 7.68. The third-order valence-electron chi connectivity index (χ3n) is 2.36. The maximum atomic E-state index is 9.56. The molecule has 0 aliphatic heterocycles. The van der Waals surface area contributed by atoms with Gasteiger partial charge in [-0.3, -0.25) is 0 Å². The first-order valence-electron chi connectivity index (χ1n) is 5.54. The van der Waals surface area contributed by atoms with Gasteiger partial charge < -0.3 is 5.02 Å². The van der Waals surface area contributed by atoms with Crippen LogP contribution in [-0.2, 0) is 6.42 Å². The Labute approximate surface area is 98.0 Å². The summed E-state index contributed by atoms with van der Waals surface area (Å²) in [6.07, 6.45) is 0.905. The van der Waals surface area contributed by atoms with E-state index in [-0.39, 0.29) is 5.41 Å². The molecule has 3 heteroatoms. The first-order chi connectivity index (χ1) is 7.31. The molecular formula is C13H18BNO. The fraction of sp³-hybridized carbons (Fsp3) is 0.462. The average molecular weight is 215 g/mol. The smallest absolute Gasteiger partial charge is 0.320 e. The molecule has 0 radical (unpaired) electrons. The standard InChI is InChI=1S/C13H18BNO/c1-13(2,3)8-10-5-11(9-15)7-12(6-10)14(4)16/h5-7,16H,8H2,1-4H3. The molecule has 0 amide bonds. The van der Waals surface area contributed by atoms with Crippen LogP contribution < -0.4 is 5.46 Å². The lowest BCUT2D eigenvalue weighted by Gasteiger charge is -2.19. The molecule has 0 aromatic heterocycles. The predicted molar refractivity (Wildman–Crippen MR) is 67.8 cm³/mol. The van der Waals surface area contributed by atoms with Gasteiger partial charge in [-0.2, -0.15) is 5.26 Å². The predicted octanol–water partition coefficient (Wildman–Crippen LogP) is 1.97. The molecule has 0 unspecified atom stereocenters. The summed E-state index contributed by atoms with van der Waals surface area (Å²) in [5.74, 6) is 0. The van der Waals surface area contributed by atoms with Gasteiger partial charge in [0.1, 0.15) is 0 Å². The van der Waals surface area contributed by atoms with Crippen molar-refractivity contribution in [2.24, 2.45) is 5.41 Å². The van der Waals surface area contributed by atoms with Gasteiger partial charge in [-0.1, -0.05) is 33.7 Å². The van der Waals surface area contributed by atoms with E-state index in [4.69, 9.17) is 5.26 Å². The van der Waals surface area contributed by atoms with Crippen molar-refractivity contribution in [3.05, 3.63) is 29.3 Å². The van der Waals surface area contributed by atoms with Gasteiger partial charge >= 0.3 is 6.92 Å². The minimum Gasteiger partial charge on any atom is -0.447 e. The van der Waals surface area contributed by atoms with Crippen molar-refractivity contribution in [2.45, 2.75) is 34.0 Å². The van der Waals surface area contributed by atoms with Crippen molar-refractivity contribution in [1.82, 2.24) is 0 Å². The lowest BCUT2D eigenvalue weighted by atomic mass is 9.63. The Morgan fingerprint density at radius 2 is 1.94 bits per heavy atom. The van der Waals surface area contributed by atoms with Crippen LogP contribution in [0.5, 0.6) is 0 Å². The summed E-state index contributed by atoms with van der Waals surface area (Å²) < 4.78 is 0. The van der Waals surface area contributed by atoms with E-state index in [1.807, 2.05) is 12.1 Å².